The van der Waals surface area contributed by atoms with Crippen LogP contribution in [0.2, 0.25) is 0 Å². The van der Waals surface area contributed by atoms with Crippen molar-refractivity contribution in [2.75, 3.05) is 26.2 Å². The molecule has 0 bridgehead atoms. The van der Waals surface area contributed by atoms with Gasteiger partial charge in [0.25, 0.3) is 0 Å². The Hall–Kier alpha value is -1.24. The number of rotatable bonds is 4. The Morgan fingerprint density at radius 2 is 2.10 bits per heavy atom. The summed E-state index contributed by atoms with van der Waals surface area (Å²) in [5.74, 6) is 0.267. The third kappa shape index (κ3) is 3.51. The van der Waals surface area contributed by atoms with Crippen molar-refractivity contribution >= 4 is 28.6 Å². The summed E-state index contributed by atoms with van der Waals surface area (Å²) < 4.78 is 0. The average molecular weight is 321 g/mol. The second kappa shape index (κ2) is 6.68. The molecule has 1 saturated heterocycles. The molecule has 0 radical (unpaired) electrons. The first kappa shape index (κ1) is 14.7. The van der Waals surface area contributed by atoms with Crippen molar-refractivity contribution < 1.29 is 4.79 Å². The molecular weight excluding hydrogens is 302 g/mol. The lowest BCUT2D eigenvalue weighted by Crippen LogP contribution is -2.48. The summed E-state index contributed by atoms with van der Waals surface area (Å²) in [6.45, 7) is 6.39. The van der Waals surface area contributed by atoms with E-state index in [1.807, 2.05) is 11.8 Å². The molecule has 3 rings (SSSR count). The number of amides is 1. The van der Waals surface area contributed by atoms with E-state index in [0.717, 1.165) is 43.4 Å². The molecule has 3 heterocycles. The molecule has 2 aromatic rings. The van der Waals surface area contributed by atoms with Gasteiger partial charge in [-0.2, -0.15) is 0 Å². The summed E-state index contributed by atoms with van der Waals surface area (Å²) in [7, 11) is 0. The number of hydrogen-bond acceptors (Lipinski definition) is 5. The summed E-state index contributed by atoms with van der Waals surface area (Å²) in [6, 6.07) is 4.17. The maximum absolute atomic E-state index is 11.7. The number of hydrogen-bond donors (Lipinski definition) is 0. The number of nitrogens with zero attached hydrogens (tertiary/aromatic N) is 3. The van der Waals surface area contributed by atoms with Crippen LogP contribution in [-0.2, 0) is 11.3 Å². The van der Waals surface area contributed by atoms with Gasteiger partial charge in [-0.1, -0.05) is 13.0 Å². The minimum absolute atomic E-state index is 0.267. The Morgan fingerprint density at radius 3 is 2.76 bits per heavy atom. The number of carbonyl (C=O) groups is 1. The van der Waals surface area contributed by atoms with Crippen LogP contribution >= 0.6 is 22.7 Å². The molecule has 0 aromatic carbocycles. The molecule has 0 saturated carbocycles. The van der Waals surface area contributed by atoms with Crippen LogP contribution in [0.3, 0.4) is 0 Å². The molecule has 0 atom stereocenters. The molecule has 1 amide bonds. The van der Waals surface area contributed by atoms with Gasteiger partial charge in [0.2, 0.25) is 5.91 Å². The van der Waals surface area contributed by atoms with E-state index < -0.39 is 0 Å². The lowest BCUT2D eigenvalue weighted by Gasteiger charge is -2.34. The van der Waals surface area contributed by atoms with Crippen LogP contribution in [0.25, 0.3) is 10.6 Å². The van der Waals surface area contributed by atoms with Crippen molar-refractivity contribution in [3.8, 4) is 10.6 Å². The molecule has 1 aliphatic rings. The van der Waals surface area contributed by atoms with E-state index in [1.165, 1.54) is 4.88 Å². The van der Waals surface area contributed by atoms with Gasteiger partial charge in [0, 0.05) is 38.0 Å². The second-order valence-electron chi connectivity index (χ2n) is 5.11. The van der Waals surface area contributed by atoms with E-state index in [2.05, 4.69) is 27.8 Å². The average Bonchev–Trinajstić information content (AvgIpc) is 3.18. The molecule has 21 heavy (non-hydrogen) atoms. The van der Waals surface area contributed by atoms with Crippen molar-refractivity contribution in [3.05, 3.63) is 27.9 Å². The first-order chi connectivity index (χ1) is 10.3. The topological polar surface area (TPSA) is 36.4 Å². The second-order valence-corrected chi connectivity index (χ2v) is 7.00. The highest BCUT2D eigenvalue weighted by atomic mass is 32.1. The Balaban J connectivity index is 1.55. The smallest absolute Gasteiger partial charge is 0.222 e. The number of piperazine rings is 1. The van der Waals surface area contributed by atoms with Crippen molar-refractivity contribution in [1.82, 2.24) is 14.8 Å². The minimum Gasteiger partial charge on any atom is -0.340 e. The van der Waals surface area contributed by atoms with Crippen LogP contribution in [0.15, 0.2) is 22.9 Å². The SMILES string of the molecule is CCC(=O)N1CCN(Cc2nc(-c3cccs3)cs2)CC1. The Bertz CT molecular complexity index is 586. The van der Waals surface area contributed by atoms with Crippen LogP contribution in [0.1, 0.15) is 18.4 Å². The number of aromatic nitrogens is 1. The zero-order valence-electron chi connectivity index (χ0n) is 12.1. The van der Waals surface area contributed by atoms with Gasteiger partial charge in [-0.25, -0.2) is 4.98 Å². The molecule has 2 aromatic heterocycles. The Morgan fingerprint density at radius 1 is 1.29 bits per heavy atom. The van der Waals surface area contributed by atoms with Gasteiger partial charge in [-0.05, 0) is 11.4 Å². The summed E-state index contributed by atoms with van der Waals surface area (Å²) >= 11 is 3.45. The predicted octanol–water partition coefficient (Wildman–Crippen LogP) is 2.93. The van der Waals surface area contributed by atoms with E-state index in [4.69, 9.17) is 4.98 Å². The minimum atomic E-state index is 0.267. The maximum atomic E-state index is 11.7. The zero-order valence-corrected chi connectivity index (χ0v) is 13.8. The molecule has 0 N–H and O–H groups in total. The monoisotopic (exact) mass is 321 g/mol. The molecule has 6 heteroatoms. The third-order valence-corrected chi connectivity index (χ3v) is 5.44. The summed E-state index contributed by atoms with van der Waals surface area (Å²) in [5.41, 5.74) is 1.09. The van der Waals surface area contributed by atoms with E-state index in [0.29, 0.717) is 6.42 Å². The molecule has 0 spiro atoms. The van der Waals surface area contributed by atoms with E-state index in [1.54, 1.807) is 22.7 Å². The van der Waals surface area contributed by atoms with Crippen LogP contribution in [-0.4, -0.2) is 46.9 Å². The molecule has 4 nitrogen and oxygen atoms in total. The molecule has 0 unspecified atom stereocenters. The third-order valence-electron chi connectivity index (χ3n) is 3.71. The molecule has 0 aliphatic carbocycles. The van der Waals surface area contributed by atoms with Gasteiger partial charge >= 0.3 is 0 Å². The predicted molar refractivity (Wildman–Crippen MR) is 87.6 cm³/mol. The number of thiazole rings is 1. The largest absolute Gasteiger partial charge is 0.340 e. The number of carbonyl (C=O) groups excluding carboxylic acids is 1. The van der Waals surface area contributed by atoms with Crippen LogP contribution < -0.4 is 0 Å². The van der Waals surface area contributed by atoms with E-state index in [-0.39, 0.29) is 5.91 Å². The normalized spacial score (nSPS) is 16.3. The van der Waals surface area contributed by atoms with E-state index in [9.17, 15) is 4.79 Å². The lowest BCUT2D eigenvalue weighted by atomic mass is 10.3. The fourth-order valence-corrected chi connectivity index (χ4v) is 4.09. The van der Waals surface area contributed by atoms with Gasteiger partial charge in [0.15, 0.2) is 0 Å². The maximum Gasteiger partial charge on any atom is 0.222 e. The van der Waals surface area contributed by atoms with Crippen LogP contribution in [0.5, 0.6) is 0 Å². The molecule has 112 valence electrons. The highest BCUT2D eigenvalue weighted by Crippen LogP contribution is 2.26. The highest BCUT2D eigenvalue weighted by molar-refractivity contribution is 7.14. The van der Waals surface area contributed by atoms with Gasteiger partial charge in [-0.15, -0.1) is 22.7 Å². The number of thiophene rings is 1. The summed E-state index contributed by atoms with van der Waals surface area (Å²) in [4.78, 5) is 22.0. The van der Waals surface area contributed by atoms with Gasteiger partial charge in [-0.3, -0.25) is 9.69 Å². The first-order valence-corrected chi connectivity index (χ1v) is 9.00. The first-order valence-electron chi connectivity index (χ1n) is 7.24. The quantitative estimate of drug-likeness (QED) is 0.869. The van der Waals surface area contributed by atoms with Crippen molar-refractivity contribution in [2.45, 2.75) is 19.9 Å². The van der Waals surface area contributed by atoms with Crippen LogP contribution in [0, 0.1) is 0 Å². The summed E-state index contributed by atoms with van der Waals surface area (Å²) in [6.07, 6.45) is 0.608. The zero-order chi connectivity index (χ0) is 14.7. The Labute approximate surface area is 133 Å². The van der Waals surface area contributed by atoms with E-state index >= 15 is 0 Å². The lowest BCUT2D eigenvalue weighted by molar-refractivity contribution is -0.132. The Kier molecular flexibility index (Phi) is 4.67. The fourth-order valence-electron chi connectivity index (χ4n) is 2.49. The standard InChI is InChI=1S/C15H19N3OS2/c1-2-15(19)18-7-5-17(6-8-18)10-14-16-12(11-21-14)13-4-3-9-20-13/h3-4,9,11H,2,5-8,10H2,1H3. The molecule has 1 aliphatic heterocycles. The van der Waals surface area contributed by atoms with Gasteiger partial charge < -0.3 is 4.90 Å². The molecular formula is C15H19N3OS2. The highest BCUT2D eigenvalue weighted by Gasteiger charge is 2.20. The van der Waals surface area contributed by atoms with Crippen molar-refractivity contribution in [3.63, 3.8) is 0 Å². The van der Waals surface area contributed by atoms with Gasteiger partial charge in [0.05, 0.1) is 17.1 Å². The van der Waals surface area contributed by atoms with Crippen LogP contribution in [0.4, 0.5) is 0 Å². The fraction of sp³-hybridized carbons (Fsp3) is 0.467. The van der Waals surface area contributed by atoms with Crippen molar-refractivity contribution in [2.24, 2.45) is 0 Å². The van der Waals surface area contributed by atoms with Gasteiger partial charge in [0.1, 0.15) is 5.01 Å². The molecule has 1 fully saturated rings. The summed E-state index contributed by atoms with van der Waals surface area (Å²) in [5, 5.41) is 5.38. The van der Waals surface area contributed by atoms with Crippen molar-refractivity contribution in [1.29, 1.82) is 0 Å².